The van der Waals surface area contributed by atoms with Gasteiger partial charge in [0.25, 0.3) is 0 Å². The van der Waals surface area contributed by atoms with Crippen LogP contribution in [0.25, 0.3) is 5.57 Å². The molecular weight excluding hydrogens is 308 g/mol. The van der Waals surface area contributed by atoms with Gasteiger partial charge in [0.1, 0.15) is 6.29 Å². The van der Waals surface area contributed by atoms with Gasteiger partial charge in [0.05, 0.1) is 10.6 Å². The molecule has 0 aromatic heterocycles. The van der Waals surface area contributed by atoms with Crippen LogP contribution in [0.3, 0.4) is 0 Å². The zero-order chi connectivity index (χ0) is 17.1. The number of carbonyl (C=O) groups excluding carboxylic acids is 1. The van der Waals surface area contributed by atoms with E-state index in [-0.39, 0.29) is 5.75 Å². The molecule has 3 nitrogen and oxygen atoms in total. The maximum absolute atomic E-state index is 12.7. The SMILES string of the molecule is CCCCCC(=CC=O)c1ccccc1S(=O)(=O)CCCCC. The lowest BCUT2D eigenvalue weighted by atomic mass is 9.99. The van der Waals surface area contributed by atoms with Gasteiger partial charge >= 0.3 is 0 Å². The van der Waals surface area contributed by atoms with Gasteiger partial charge in [-0.2, -0.15) is 0 Å². The largest absolute Gasteiger partial charge is 0.299 e. The fourth-order valence-electron chi connectivity index (χ4n) is 2.61. The van der Waals surface area contributed by atoms with Crippen LogP contribution in [0.15, 0.2) is 35.2 Å². The summed E-state index contributed by atoms with van der Waals surface area (Å²) >= 11 is 0. The summed E-state index contributed by atoms with van der Waals surface area (Å²) in [6.07, 6.45) is 8.69. The van der Waals surface area contributed by atoms with Gasteiger partial charge < -0.3 is 0 Å². The molecule has 0 atom stereocenters. The summed E-state index contributed by atoms with van der Waals surface area (Å²) in [5.74, 6) is 0.168. The second-order valence-electron chi connectivity index (χ2n) is 5.81. The van der Waals surface area contributed by atoms with Crippen molar-refractivity contribution < 1.29 is 13.2 Å². The molecule has 0 aliphatic rings. The van der Waals surface area contributed by atoms with E-state index >= 15 is 0 Å². The van der Waals surface area contributed by atoms with Crippen molar-refractivity contribution >= 4 is 21.7 Å². The van der Waals surface area contributed by atoms with E-state index in [1.165, 1.54) is 6.08 Å². The van der Waals surface area contributed by atoms with Crippen LogP contribution in [0.5, 0.6) is 0 Å². The first-order valence-electron chi connectivity index (χ1n) is 8.53. The lowest BCUT2D eigenvalue weighted by molar-refractivity contribution is -0.104. The predicted octanol–water partition coefficient (Wildman–Crippen LogP) is 4.81. The van der Waals surface area contributed by atoms with E-state index in [0.717, 1.165) is 50.4 Å². The van der Waals surface area contributed by atoms with Crippen LogP contribution in [0.2, 0.25) is 0 Å². The molecule has 0 radical (unpaired) electrons. The van der Waals surface area contributed by atoms with Crippen molar-refractivity contribution in [2.75, 3.05) is 5.75 Å². The van der Waals surface area contributed by atoms with Crippen molar-refractivity contribution in [3.8, 4) is 0 Å². The van der Waals surface area contributed by atoms with Gasteiger partial charge in [-0.15, -0.1) is 0 Å². The van der Waals surface area contributed by atoms with E-state index in [0.29, 0.717) is 16.9 Å². The molecule has 23 heavy (non-hydrogen) atoms. The highest BCUT2D eigenvalue weighted by Gasteiger charge is 2.19. The summed E-state index contributed by atoms with van der Waals surface area (Å²) in [5.41, 5.74) is 1.51. The minimum Gasteiger partial charge on any atom is -0.299 e. The van der Waals surface area contributed by atoms with Gasteiger partial charge in [-0.3, -0.25) is 4.79 Å². The lowest BCUT2D eigenvalue weighted by Gasteiger charge is -2.13. The van der Waals surface area contributed by atoms with Crippen molar-refractivity contribution in [3.63, 3.8) is 0 Å². The molecule has 0 N–H and O–H groups in total. The van der Waals surface area contributed by atoms with E-state index in [1.54, 1.807) is 12.1 Å². The van der Waals surface area contributed by atoms with Crippen LogP contribution in [0.4, 0.5) is 0 Å². The molecule has 128 valence electrons. The molecule has 1 aromatic rings. The van der Waals surface area contributed by atoms with E-state index in [1.807, 2.05) is 12.1 Å². The fraction of sp³-hybridized carbons (Fsp3) is 0.526. The molecule has 0 heterocycles. The Morgan fingerprint density at radius 1 is 1.00 bits per heavy atom. The van der Waals surface area contributed by atoms with Crippen molar-refractivity contribution in [2.24, 2.45) is 0 Å². The van der Waals surface area contributed by atoms with Crippen LogP contribution in [-0.2, 0) is 14.6 Å². The summed E-state index contributed by atoms with van der Waals surface area (Å²) < 4.78 is 25.3. The Balaban J connectivity index is 3.11. The van der Waals surface area contributed by atoms with Gasteiger partial charge in [0, 0.05) is 0 Å². The molecule has 0 fully saturated rings. The number of unbranched alkanes of at least 4 members (excludes halogenated alkanes) is 4. The molecule has 1 rings (SSSR count). The average molecular weight is 336 g/mol. The van der Waals surface area contributed by atoms with Crippen molar-refractivity contribution in [1.29, 1.82) is 0 Å². The second kappa shape index (κ2) is 10.4. The molecule has 0 saturated heterocycles. The molecule has 0 bridgehead atoms. The highest BCUT2D eigenvalue weighted by molar-refractivity contribution is 7.91. The fourth-order valence-corrected chi connectivity index (χ4v) is 4.23. The van der Waals surface area contributed by atoms with E-state index < -0.39 is 9.84 Å². The van der Waals surface area contributed by atoms with E-state index in [9.17, 15) is 13.2 Å². The maximum Gasteiger partial charge on any atom is 0.178 e. The molecule has 0 amide bonds. The molecule has 0 unspecified atom stereocenters. The van der Waals surface area contributed by atoms with Crippen LogP contribution in [0, 0.1) is 0 Å². The van der Waals surface area contributed by atoms with Gasteiger partial charge in [-0.05, 0) is 42.5 Å². The number of sulfone groups is 1. The number of hydrogen-bond acceptors (Lipinski definition) is 3. The first kappa shape index (κ1) is 19.6. The number of carbonyl (C=O) groups is 1. The second-order valence-corrected chi connectivity index (χ2v) is 7.88. The zero-order valence-electron chi connectivity index (χ0n) is 14.3. The Morgan fingerprint density at radius 3 is 2.30 bits per heavy atom. The molecule has 0 spiro atoms. The normalized spacial score (nSPS) is 12.3. The Hall–Kier alpha value is -1.42. The van der Waals surface area contributed by atoms with Gasteiger partial charge in [-0.1, -0.05) is 57.7 Å². The zero-order valence-corrected chi connectivity index (χ0v) is 15.1. The van der Waals surface area contributed by atoms with Gasteiger partial charge in [0.15, 0.2) is 9.84 Å². The lowest BCUT2D eigenvalue weighted by Crippen LogP contribution is -2.09. The van der Waals surface area contributed by atoms with Crippen LogP contribution in [0.1, 0.15) is 64.4 Å². The number of aldehydes is 1. The highest BCUT2D eigenvalue weighted by atomic mass is 32.2. The number of benzene rings is 1. The van der Waals surface area contributed by atoms with E-state index in [2.05, 4.69) is 13.8 Å². The maximum atomic E-state index is 12.7. The first-order valence-corrected chi connectivity index (χ1v) is 10.2. The summed E-state index contributed by atoms with van der Waals surface area (Å²) in [5, 5.41) is 0. The van der Waals surface area contributed by atoms with Gasteiger partial charge in [-0.25, -0.2) is 8.42 Å². The Bertz CT molecular complexity index is 615. The predicted molar refractivity (Wildman–Crippen MR) is 96.2 cm³/mol. The molecule has 1 aromatic carbocycles. The number of rotatable bonds is 11. The van der Waals surface area contributed by atoms with Crippen LogP contribution < -0.4 is 0 Å². The van der Waals surface area contributed by atoms with Crippen LogP contribution in [-0.4, -0.2) is 20.5 Å². The van der Waals surface area contributed by atoms with Gasteiger partial charge in [0.2, 0.25) is 0 Å². The third-order valence-corrected chi connectivity index (χ3v) is 5.76. The third kappa shape index (κ3) is 6.30. The minimum absolute atomic E-state index is 0.168. The topological polar surface area (TPSA) is 51.2 Å². The summed E-state index contributed by atoms with van der Waals surface area (Å²) in [6, 6.07) is 7.06. The highest BCUT2D eigenvalue weighted by Crippen LogP contribution is 2.28. The molecule has 0 aliphatic carbocycles. The van der Waals surface area contributed by atoms with E-state index in [4.69, 9.17) is 0 Å². The smallest absolute Gasteiger partial charge is 0.178 e. The Morgan fingerprint density at radius 2 is 1.65 bits per heavy atom. The van der Waals surface area contributed by atoms with Crippen molar-refractivity contribution in [2.45, 2.75) is 63.7 Å². The first-order chi connectivity index (χ1) is 11.1. The summed E-state index contributed by atoms with van der Waals surface area (Å²) in [4.78, 5) is 11.3. The minimum atomic E-state index is -3.31. The van der Waals surface area contributed by atoms with Crippen LogP contribution >= 0.6 is 0 Å². The number of allylic oxidation sites excluding steroid dienone is 2. The average Bonchev–Trinajstić information content (AvgIpc) is 2.54. The molecular formula is C19H28O3S. The monoisotopic (exact) mass is 336 g/mol. The van der Waals surface area contributed by atoms with Crippen molar-refractivity contribution in [3.05, 3.63) is 35.9 Å². The molecule has 0 aliphatic heterocycles. The Kier molecular flexibility index (Phi) is 8.85. The third-order valence-electron chi connectivity index (χ3n) is 3.90. The summed E-state index contributed by atoms with van der Waals surface area (Å²) in [7, 11) is -3.31. The quantitative estimate of drug-likeness (QED) is 0.331. The standard InChI is InChI=1S/C19H28O3S/c1-3-5-7-11-17(14-15-20)18-12-8-9-13-19(18)23(21,22)16-10-6-4-2/h8-9,12-15H,3-7,10-11,16H2,1-2H3. The number of hydrogen-bond donors (Lipinski definition) is 0. The molecule has 0 saturated carbocycles. The summed E-state index contributed by atoms with van der Waals surface area (Å²) in [6.45, 7) is 4.18. The molecule has 4 heteroatoms. The Labute approximate surface area is 140 Å². The van der Waals surface area contributed by atoms with Crippen molar-refractivity contribution in [1.82, 2.24) is 0 Å².